The maximum absolute atomic E-state index is 10.4. The van der Waals surface area contributed by atoms with E-state index in [4.69, 9.17) is 14.2 Å². The number of phenolic OH excluding ortho intramolecular Hbond substituents is 1. The zero-order valence-corrected chi connectivity index (χ0v) is 17.8. The fourth-order valence-electron chi connectivity index (χ4n) is 3.33. The van der Waals surface area contributed by atoms with Gasteiger partial charge in [-0.15, -0.1) is 0 Å². The van der Waals surface area contributed by atoms with E-state index in [1.54, 1.807) is 32.4 Å². The molecule has 0 bridgehead atoms. The van der Waals surface area contributed by atoms with Gasteiger partial charge in [0.05, 0.1) is 14.2 Å². The highest BCUT2D eigenvalue weighted by Crippen LogP contribution is 2.31. The standard InChI is InChI=1S/C25H29NO5/c1-29-24-12-11-19(14-25(24)30-2)23(13-18-7-4-3-5-8-18)26-16-21(28)17-31-22-10-6-9-20(27)15-22/h3-12,14-15,21,23,26-28H,13,16-17H2,1-2H3/t21-,23?/m0/s1. The number of methoxy groups -OCH3 is 2. The van der Waals surface area contributed by atoms with Crippen LogP contribution in [0.3, 0.4) is 0 Å². The van der Waals surface area contributed by atoms with Gasteiger partial charge in [-0.05, 0) is 41.8 Å². The molecule has 0 amide bonds. The molecule has 0 saturated carbocycles. The van der Waals surface area contributed by atoms with Crippen LogP contribution in [0, 0.1) is 0 Å². The van der Waals surface area contributed by atoms with Gasteiger partial charge in [0.1, 0.15) is 24.2 Å². The molecule has 1 unspecified atom stereocenters. The van der Waals surface area contributed by atoms with E-state index < -0.39 is 6.10 Å². The molecule has 0 aliphatic carbocycles. The zero-order chi connectivity index (χ0) is 22.1. The minimum atomic E-state index is -0.722. The lowest BCUT2D eigenvalue weighted by Crippen LogP contribution is -2.34. The number of hydrogen-bond donors (Lipinski definition) is 3. The number of phenols is 1. The van der Waals surface area contributed by atoms with Gasteiger partial charge in [0.2, 0.25) is 0 Å². The summed E-state index contributed by atoms with van der Waals surface area (Å²) in [4.78, 5) is 0. The summed E-state index contributed by atoms with van der Waals surface area (Å²) in [6, 6.07) is 22.5. The quantitative estimate of drug-likeness (QED) is 0.436. The van der Waals surface area contributed by atoms with Gasteiger partial charge >= 0.3 is 0 Å². The number of aliphatic hydroxyl groups excluding tert-OH is 1. The van der Waals surface area contributed by atoms with Crippen molar-refractivity contribution in [3.63, 3.8) is 0 Å². The molecule has 3 aromatic carbocycles. The zero-order valence-electron chi connectivity index (χ0n) is 17.8. The van der Waals surface area contributed by atoms with Crippen molar-refractivity contribution in [3.05, 3.63) is 83.9 Å². The molecule has 0 fully saturated rings. The largest absolute Gasteiger partial charge is 0.508 e. The lowest BCUT2D eigenvalue weighted by atomic mass is 9.98. The van der Waals surface area contributed by atoms with Crippen molar-refractivity contribution in [2.45, 2.75) is 18.6 Å². The third-order valence-corrected chi connectivity index (χ3v) is 4.95. The molecular formula is C25H29NO5. The van der Waals surface area contributed by atoms with Crippen LogP contribution in [0.25, 0.3) is 0 Å². The first-order valence-corrected chi connectivity index (χ1v) is 10.2. The molecule has 2 atom stereocenters. The van der Waals surface area contributed by atoms with Crippen LogP contribution in [0.2, 0.25) is 0 Å². The second-order valence-corrected chi connectivity index (χ2v) is 7.23. The highest BCUT2D eigenvalue weighted by molar-refractivity contribution is 5.44. The summed E-state index contributed by atoms with van der Waals surface area (Å²) in [5, 5.41) is 23.4. The minimum Gasteiger partial charge on any atom is -0.508 e. The Hall–Kier alpha value is -3.22. The first-order valence-electron chi connectivity index (χ1n) is 10.2. The Bertz CT molecular complexity index is 948. The van der Waals surface area contributed by atoms with Gasteiger partial charge in [0.25, 0.3) is 0 Å². The Kier molecular flexibility index (Phi) is 8.15. The monoisotopic (exact) mass is 423 g/mol. The average molecular weight is 424 g/mol. The van der Waals surface area contributed by atoms with Crippen LogP contribution in [0.1, 0.15) is 17.2 Å². The maximum atomic E-state index is 10.4. The minimum absolute atomic E-state index is 0.0439. The number of nitrogens with one attached hydrogen (secondary N) is 1. The maximum Gasteiger partial charge on any atom is 0.161 e. The van der Waals surface area contributed by atoms with Gasteiger partial charge in [0, 0.05) is 18.7 Å². The molecule has 6 nitrogen and oxygen atoms in total. The molecule has 3 N–H and O–H groups in total. The summed E-state index contributed by atoms with van der Waals surface area (Å²) < 4.78 is 16.4. The summed E-state index contributed by atoms with van der Waals surface area (Å²) in [5.74, 6) is 1.97. The molecule has 0 radical (unpaired) electrons. The van der Waals surface area contributed by atoms with Crippen LogP contribution in [0.4, 0.5) is 0 Å². The normalized spacial score (nSPS) is 12.7. The Labute approximate surface area is 183 Å². The molecular weight excluding hydrogens is 394 g/mol. The number of benzene rings is 3. The van der Waals surface area contributed by atoms with E-state index in [1.165, 1.54) is 11.6 Å². The van der Waals surface area contributed by atoms with Crippen molar-refractivity contribution in [1.29, 1.82) is 0 Å². The molecule has 3 rings (SSSR count). The molecule has 0 saturated heterocycles. The van der Waals surface area contributed by atoms with Gasteiger partial charge in [-0.25, -0.2) is 0 Å². The van der Waals surface area contributed by atoms with Crippen molar-refractivity contribution >= 4 is 0 Å². The lowest BCUT2D eigenvalue weighted by Gasteiger charge is -2.23. The van der Waals surface area contributed by atoms with Crippen LogP contribution in [-0.4, -0.2) is 43.7 Å². The van der Waals surface area contributed by atoms with E-state index in [9.17, 15) is 10.2 Å². The second-order valence-electron chi connectivity index (χ2n) is 7.23. The summed E-state index contributed by atoms with van der Waals surface area (Å²) in [6.07, 6.45) is 0.0250. The van der Waals surface area contributed by atoms with E-state index in [0.717, 1.165) is 12.0 Å². The molecule has 31 heavy (non-hydrogen) atoms. The first kappa shape index (κ1) is 22.5. The fourth-order valence-corrected chi connectivity index (χ4v) is 3.33. The topological polar surface area (TPSA) is 80.2 Å². The van der Waals surface area contributed by atoms with Crippen LogP contribution in [-0.2, 0) is 6.42 Å². The third-order valence-electron chi connectivity index (χ3n) is 4.95. The summed E-state index contributed by atoms with van der Waals surface area (Å²) >= 11 is 0. The number of aromatic hydroxyl groups is 1. The van der Waals surface area contributed by atoms with Gasteiger partial charge in [0.15, 0.2) is 11.5 Å². The molecule has 0 aromatic heterocycles. The smallest absolute Gasteiger partial charge is 0.161 e. The Morgan fingerprint density at radius 1 is 0.871 bits per heavy atom. The third kappa shape index (κ3) is 6.64. The van der Waals surface area contributed by atoms with Crippen LogP contribution < -0.4 is 19.5 Å². The molecule has 0 aliphatic rings. The van der Waals surface area contributed by atoms with Crippen LogP contribution in [0.5, 0.6) is 23.0 Å². The van der Waals surface area contributed by atoms with Crippen molar-refractivity contribution in [3.8, 4) is 23.0 Å². The molecule has 0 spiro atoms. The van der Waals surface area contributed by atoms with E-state index in [0.29, 0.717) is 23.8 Å². The predicted octanol–water partition coefficient (Wildman–Crippen LogP) is 3.72. The highest BCUT2D eigenvalue weighted by Gasteiger charge is 2.17. The van der Waals surface area contributed by atoms with E-state index >= 15 is 0 Å². The molecule has 0 heterocycles. The Balaban J connectivity index is 1.68. The molecule has 6 heteroatoms. The fraction of sp³-hybridized carbons (Fsp3) is 0.280. The number of ether oxygens (including phenoxy) is 3. The van der Waals surface area contributed by atoms with Crippen LogP contribution in [0.15, 0.2) is 72.8 Å². The second kappa shape index (κ2) is 11.2. The summed E-state index contributed by atoms with van der Waals surface area (Å²) in [5.41, 5.74) is 2.21. The van der Waals surface area contributed by atoms with Crippen LogP contribution >= 0.6 is 0 Å². The molecule has 3 aromatic rings. The molecule has 164 valence electrons. The van der Waals surface area contributed by atoms with Crippen molar-refractivity contribution in [2.75, 3.05) is 27.4 Å². The lowest BCUT2D eigenvalue weighted by molar-refractivity contribution is 0.103. The summed E-state index contributed by atoms with van der Waals surface area (Å²) in [6.45, 7) is 0.450. The number of hydrogen-bond acceptors (Lipinski definition) is 6. The predicted molar refractivity (Wildman–Crippen MR) is 120 cm³/mol. The summed E-state index contributed by atoms with van der Waals surface area (Å²) in [7, 11) is 3.23. The van der Waals surface area contributed by atoms with Gasteiger partial charge in [-0.2, -0.15) is 0 Å². The van der Waals surface area contributed by atoms with E-state index in [1.807, 2.05) is 36.4 Å². The highest BCUT2D eigenvalue weighted by atomic mass is 16.5. The van der Waals surface area contributed by atoms with Gasteiger partial charge in [-0.3, -0.25) is 0 Å². The van der Waals surface area contributed by atoms with E-state index in [2.05, 4.69) is 17.4 Å². The first-order chi connectivity index (χ1) is 15.1. The SMILES string of the molecule is COc1ccc(C(Cc2ccccc2)NC[C@H](O)COc2cccc(O)c2)cc1OC. The van der Waals surface area contributed by atoms with Crippen molar-refractivity contribution in [2.24, 2.45) is 0 Å². The van der Waals surface area contributed by atoms with Gasteiger partial charge < -0.3 is 29.7 Å². The number of rotatable bonds is 11. The van der Waals surface area contributed by atoms with Gasteiger partial charge in [-0.1, -0.05) is 42.5 Å². The average Bonchev–Trinajstić information content (AvgIpc) is 2.80. The van der Waals surface area contributed by atoms with Crippen molar-refractivity contribution in [1.82, 2.24) is 5.32 Å². The Morgan fingerprint density at radius 3 is 2.35 bits per heavy atom. The molecule has 0 aliphatic heterocycles. The van der Waals surface area contributed by atoms with Crippen molar-refractivity contribution < 1.29 is 24.4 Å². The Morgan fingerprint density at radius 2 is 1.65 bits per heavy atom. The van der Waals surface area contributed by atoms with E-state index in [-0.39, 0.29) is 18.4 Å². The number of aliphatic hydroxyl groups is 1.